The monoisotopic (exact) mass is 434 g/mol. The molecule has 10 nitrogen and oxygen atoms in total. The van der Waals surface area contributed by atoms with Crippen LogP contribution in [0, 0.1) is 20.2 Å². The minimum absolute atomic E-state index is 0.0214. The van der Waals surface area contributed by atoms with Gasteiger partial charge in [0.05, 0.1) is 9.85 Å². The van der Waals surface area contributed by atoms with Gasteiger partial charge < -0.3 is 10.6 Å². The van der Waals surface area contributed by atoms with Crippen molar-refractivity contribution >= 4 is 23.2 Å². The van der Waals surface area contributed by atoms with Crippen molar-refractivity contribution in [1.82, 2.24) is 10.6 Å². The van der Waals surface area contributed by atoms with E-state index in [9.17, 15) is 29.8 Å². The standard InChI is InChI=1S/C22H18N4O6/c27-21(17-5-1-3-7-19(17)25(29)30)23-13-15-9-11-16(12-10-15)14-24-22(28)18-6-2-4-8-20(18)26(31)32/h1-12H,13-14H2,(H,23,27)(H,24,28). The highest BCUT2D eigenvalue weighted by molar-refractivity contribution is 5.98. The Labute approximate surface area is 182 Å². The molecular formula is C22H18N4O6. The molecule has 3 rings (SSSR count). The molecule has 3 aromatic rings. The second kappa shape index (κ2) is 9.94. The summed E-state index contributed by atoms with van der Waals surface area (Å²) in [4.78, 5) is 45.5. The second-order valence-electron chi connectivity index (χ2n) is 6.73. The number of carbonyl (C=O) groups is 2. The molecule has 162 valence electrons. The predicted octanol–water partition coefficient (Wildman–Crippen LogP) is 3.36. The van der Waals surface area contributed by atoms with Gasteiger partial charge in [0.1, 0.15) is 11.1 Å². The molecule has 2 N–H and O–H groups in total. The molecule has 2 amide bonds. The zero-order valence-electron chi connectivity index (χ0n) is 16.7. The van der Waals surface area contributed by atoms with Crippen molar-refractivity contribution < 1.29 is 19.4 Å². The molecule has 0 spiro atoms. The summed E-state index contributed by atoms with van der Waals surface area (Å²) in [6, 6.07) is 18.3. The van der Waals surface area contributed by atoms with E-state index < -0.39 is 21.7 Å². The summed E-state index contributed by atoms with van der Waals surface area (Å²) in [5.41, 5.74) is 0.930. The Morgan fingerprint density at radius 2 is 0.969 bits per heavy atom. The SMILES string of the molecule is O=C(NCc1ccc(CNC(=O)c2ccccc2[N+](=O)[O-])cc1)c1ccccc1[N+](=O)[O-]. The summed E-state index contributed by atoms with van der Waals surface area (Å²) in [5.74, 6) is -1.11. The number of rotatable bonds is 8. The molecule has 0 aliphatic heterocycles. The second-order valence-corrected chi connectivity index (χ2v) is 6.73. The van der Waals surface area contributed by atoms with Crippen molar-refractivity contribution in [3.8, 4) is 0 Å². The minimum atomic E-state index is -0.609. The fourth-order valence-electron chi connectivity index (χ4n) is 2.98. The van der Waals surface area contributed by atoms with Gasteiger partial charge in [-0.1, -0.05) is 48.5 Å². The quantitative estimate of drug-likeness (QED) is 0.411. The van der Waals surface area contributed by atoms with Gasteiger partial charge in [-0.05, 0) is 23.3 Å². The Morgan fingerprint density at radius 3 is 1.31 bits per heavy atom. The first-order chi connectivity index (χ1) is 15.4. The van der Waals surface area contributed by atoms with E-state index >= 15 is 0 Å². The average Bonchev–Trinajstić information content (AvgIpc) is 2.81. The first kappa shape index (κ1) is 22.1. The lowest BCUT2D eigenvalue weighted by Crippen LogP contribution is -2.24. The molecular weight excluding hydrogens is 416 g/mol. The minimum Gasteiger partial charge on any atom is -0.348 e. The number of para-hydroxylation sites is 2. The molecule has 0 aromatic heterocycles. The summed E-state index contributed by atoms with van der Waals surface area (Å²) in [6.45, 7) is 0.321. The third-order valence-corrected chi connectivity index (χ3v) is 4.62. The van der Waals surface area contributed by atoms with Crippen LogP contribution in [0.15, 0.2) is 72.8 Å². The average molecular weight is 434 g/mol. The molecule has 0 unspecified atom stereocenters. The number of benzene rings is 3. The Bertz CT molecular complexity index is 1080. The fraction of sp³-hybridized carbons (Fsp3) is 0.0909. The molecule has 3 aromatic carbocycles. The van der Waals surface area contributed by atoms with Crippen LogP contribution >= 0.6 is 0 Å². The first-order valence-electron chi connectivity index (χ1n) is 9.48. The highest BCUT2D eigenvalue weighted by Crippen LogP contribution is 2.18. The van der Waals surface area contributed by atoms with Gasteiger partial charge in [0.15, 0.2) is 0 Å². The molecule has 0 saturated heterocycles. The predicted molar refractivity (Wildman–Crippen MR) is 115 cm³/mol. The van der Waals surface area contributed by atoms with Gasteiger partial charge in [0.2, 0.25) is 0 Å². The lowest BCUT2D eigenvalue weighted by Gasteiger charge is -2.08. The van der Waals surface area contributed by atoms with Crippen LogP contribution in [-0.4, -0.2) is 21.7 Å². The van der Waals surface area contributed by atoms with Crippen LogP contribution in [0.5, 0.6) is 0 Å². The Balaban J connectivity index is 1.57. The van der Waals surface area contributed by atoms with Crippen molar-refractivity contribution in [2.24, 2.45) is 0 Å². The van der Waals surface area contributed by atoms with E-state index in [2.05, 4.69) is 10.6 Å². The summed E-state index contributed by atoms with van der Waals surface area (Å²) < 4.78 is 0. The van der Waals surface area contributed by atoms with Crippen LogP contribution in [0.1, 0.15) is 31.8 Å². The van der Waals surface area contributed by atoms with Crippen molar-refractivity contribution in [2.45, 2.75) is 13.1 Å². The summed E-state index contributed by atoms with van der Waals surface area (Å²) >= 11 is 0. The number of nitrogens with zero attached hydrogens (tertiary/aromatic N) is 2. The van der Waals surface area contributed by atoms with Gasteiger partial charge in [-0.15, -0.1) is 0 Å². The number of hydrogen-bond donors (Lipinski definition) is 2. The van der Waals surface area contributed by atoms with E-state index in [1.807, 2.05) is 0 Å². The number of nitro benzene ring substituents is 2. The number of hydrogen-bond acceptors (Lipinski definition) is 6. The molecule has 0 bridgehead atoms. The molecule has 0 fully saturated rings. The van der Waals surface area contributed by atoms with Crippen LogP contribution in [0.4, 0.5) is 11.4 Å². The van der Waals surface area contributed by atoms with Crippen LogP contribution in [0.3, 0.4) is 0 Å². The highest BCUT2D eigenvalue weighted by atomic mass is 16.6. The van der Waals surface area contributed by atoms with Crippen molar-refractivity contribution in [1.29, 1.82) is 0 Å². The number of carbonyl (C=O) groups excluding carboxylic acids is 2. The Hall–Kier alpha value is -4.60. The van der Waals surface area contributed by atoms with E-state index in [0.717, 1.165) is 11.1 Å². The highest BCUT2D eigenvalue weighted by Gasteiger charge is 2.19. The summed E-state index contributed by atoms with van der Waals surface area (Å²) in [5, 5.41) is 27.4. The van der Waals surface area contributed by atoms with E-state index in [1.54, 1.807) is 36.4 Å². The zero-order chi connectivity index (χ0) is 23.1. The topological polar surface area (TPSA) is 144 Å². The molecule has 0 aliphatic rings. The summed E-state index contributed by atoms with van der Waals surface area (Å²) in [6.07, 6.45) is 0. The van der Waals surface area contributed by atoms with Gasteiger partial charge >= 0.3 is 0 Å². The van der Waals surface area contributed by atoms with Crippen LogP contribution in [-0.2, 0) is 13.1 Å². The van der Waals surface area contributed by atoms with Crippen LogP contribution < -0.4 is 10.6 Å². The molecule has 0 atom stereocenters. The zero-order valence-corrected chi connectivity index (χ0v) is 16.7. The smallest absolute Gasteiger partial charge is 0.282 e. The van der Waals surface area contributed by atoms with Crippen LogP contribution in [0.2, 0.25) is 0 Å². The van der Waals surface area contributed by atoms with Gasteiger partial charge in [0.25, 0.3) is 23.2 Å². The maximum Gasteiger partial charge on any atom is 0.282 e. The van der Waals surface area contributed by atoms with E-state index in [1.165, 1.54) is 36.4 Å². The molecule has 0 heterocycles. The first-order valence-corrected chi connectivity index (χ1v) is 9.48. The molecule has 0 radical (unpaired) electrons. The number of nitrogens with one attached hydrogen (secondary N) is 2. The molecule has 10 heteroatoms. The van der Waals surface area contributed by atoms with Crippen molar-refractivity contribution in [3.63, 3.8) is 0 Å². The number of nitro groups is 2. The Kier molecular flexibility index (Phi) is 6.86. The third kappa shape index (κ3) is 5.30. The van der Waals surface area contributed by atoms with E-state index in [0.29, 0.717) is 0 Å². The van der Waals surface area contributed by atoms with Gasteiger partial charge in [-0.25, -0.2) is 0 Å². The summed E-state index contributed by atoms with van der Waals surface area (Å²) in [7, 11) is 0. The maximum atomic E-state index is 12.3. The van der Waals surface area contributed by atoms with Gasteiger partial charge in [0, 0.05) is 25.2 Å². The molecule has 0 aliphatic carbocycles. The van der Waals surface area contributed by atoms with Gasteiger partial charge in [-0.3, -0.25) is 29.8 Å². The lowest BCUT2D eigenvalue weighted by molar-refractivity contribution is -0.385. The van der Waals surface area contributed by atoms with E-state index in [-0.39, 0.29) is 35.6 Å². The Morgan fingerprint density at radius 1 is 0.625 bits per heavy atom. The fourth-order valence-corrected chi connectivity index (χ4v) is 2.98. The van der Waals surface area contributed by atoms with Gasteiger partial charge in [-0.2, -0.15) is 0 Å². The van der Waals surface area contributed by atoms with E-state index in [4.69, 9.17) is 0 Å². The van der Waals surface area contributed by atoms with Crippen LogP contribution in [0.25, 0.3) is 0 Å². The molecule has 0 saturated carbocycles. The van der Waals surface area contributed by atoms with Crippen molar-refractivity contribution in [3.05, 3.63) is 115 Å². The third-order valence-electron chi connectivity index (χ3n) is 4.62. The van der Waals surface area contributed by atoms with Crippen molar-refractivity contribution in [2.75, 3.05) is 0 Å². The largest absolute Gasteiger partial charge is 0.348 e. The lowest BCUT2D eigenvalue weighted by atomic mass is 10.1. The maximum absolute atomic E-state index is 12.3. The molecule has 32 heavy (non-hydrogen) atoms. The number of amides is 2. The normalized spacial score (nSPS) is 10.2.